The van der Waals surface area contributed by atoms with Crippen molar-refractivity contribution in [1.82, 2.24) is 0 Å². The van der Waals surface area contributed by atoms with Crippen molar-refractivity contribution in [2.24, 2.45) is 21.2 Å². The third-order valence-corrected chi connectivity index (χ3v) is 1.92. The van der Waals surface area contributed by atoms with Crippen molar-refractivity contribution >= 4 is 6.21 Å². The van der Waals surface area contributed by atoms with Gasteiger partial charge in [-0.25, -0.2) is 0 Å². The average Bonchev–Trinajstić information content (AvgIpc) is 2.09. The van der Waals surface area contributed by atoms with Crippen molar-refractivity contribution in [2.45, 2.75) is 88.6 Å². The maximum atomic E-state index is 4.40. The monoisotopic (exact) mass is 281 g/mol. The summed E-state index contributed by atoms with van der Waals surface area (Å²) in [4.78, 5) is 4.40. The smallest absolute Gasteiger partial charge is 0.0520 e. The van der Waals surface area contributed by atoms with Crippen LogP contribution in [0.1, 0.15) is 83.1 Å². The molecule has 0 aromatic heterocycles. The largest absolute Gasteiger partial charge is 0.291 e. The van der Waals surface area contributed by atoms with Crippen molar-refractivity contribution in [3.63, 3.8) is 0 Å². The molecule has 0 saturated heterocycles. The second-order valence-electron chi connectivity index (χ2n) is 9.86. The second-order valence-corrected chi connectivity index (χ2v) is 9.86. The van der Waals surface area contributed by atoms with Gasteiger partial charge in [0.15, 0.2) is 0 Å². The van der Waals surface area contributed by atoms with E-state index in [1.807, 2.05) is 6.21 Å². The van der Waals surface area contributed by atoms with Crippen LogP contribution in [0.25, 0.3) is 0 Å². The molecule has 120 valence electrons. The molecule has 0 radical (unpaired) electrons. The molecule has 0 spiro atoms. The van der Waals surface area contributed by atoms with E-state index in [0.29, 0.717) is 10.8 Å². The maximum absolute atomic E-state index is 4.40. The van der Waals surface area contributed by atoms with Crippen LogP contribution < -0.4 is 0 Å². The topological polar surface area (TPSA) is 12.4 Å². The van der Waals surface area contributed by atoms with Gasteiger partial charge in [0.25, 0.3) is 0 Å². The first-order valence-electron chi connectivity index (χ1n) is 7.68. The quantitative estimate of drug-likeness (QED) is 0.353. The average molecular weight is 282 g/mol. The Hall–Kier alpha value is -0.590. The normalized spacial score (nSPS) is 14.6. The molecular formula is C19H39N. The van der Waals surface area contributed by atoms with Crippen LogP contribution in [0.5, 0.6) is 0 Å². The van der Waals surface area contributed by atoms with Gasteiger partial charge in [-0.15, -0.1) is 0 Å². The van der Waals surface area contributed by atoms with E-state index in [4.69, 9.17) is 0 Å². The molecule has 0 fully saturated rings. The zero-order valence-electron chi connectivity index (χ0n) is 16.2. The molecular weight excluding hydrogens is 242 g/mol. The van der Waals surface area contributed by atoms with E-state index in [0.717, 1.165) is 0 Å². The summed E-state index contributed by atoms with van der Waals surface area (Å²) >= 11 is 0. The molecule has 0 rings (SSSR count). The molecule has 0 heterocycles. The highest BCUT2D eigenvalue weighted by molar-refractivity contribution is 5.64. The molecule has 0 aliphatic rings. The molecule has 0 aliphatic heterocycles. The Morgan fingerprint density at radius 3 is 0.900 bits per heavy atom. The molecule has 0 saturated carbocycles. The Morgan fingerprint density at radius 1 is 0.500 bits per heavy atom. The van der Waals surface area contributed by atoms with Crippen LogP contribution in [-0.2, 0) is 0 Å². The lowest BCUT2D eigenvalue weighted by atomic mass is 9.89. The van der Waals surface area contributed by atoms with Gasteiger partial charge in [-0.2, -0.15) is 0 Å². The zero-order chi connectivity index (χ0) is 16.8. The van der Waals surface area contributed by atoms with Crippen LogP contribution in [0, 0.1) is 16.2 Å². The molecule has 0 N–H and O–H groups in total. The van der Waals surface area contributed by atoms with Gasteiger partial charge < -0.3 is 0 Å². The Balaban J connectivity index is 0. The third-order valence-electron chi connectivity index (χ3n) is 1.92. The zero-order valence-corrected chi connectivity index (χ0v) is 16.2. The van der Waals surface area contributed by atoms with E-state index in [-0.39, 0.29) is 11.0 Å². The fourth-order valence-corrected chi connectivity index (χ4v) is 0.887. The number of hydrogen-bond donors (Lipinski definition) is 0. The van der Waals surface area contributed by atoms with Gasteiger partial charge in [0, 0.05) is 6.21 Å². The van der Waals surface area contributed by atoms with Crippen molar-refractivity contribution < 1.29 is 0 Å². The van der Waals surface area contributed by atoms with Crippen LogP contribution in [-0.4, -0.2) is 11.8 Å². The Bertz CT molecular complexity index is 240. The lowest BCUT2D eigenvalue weighted by molar-refractivity contribution is 0.502. The van der Waals surface area contributed by atoms with E-state index in [1.54, 1.807) is 0 Å². The Kier molecular flexibility index (Phi) is 8.06. The Labute approximate surface area is 129 Å². The first kappa shape index (κ1) is 21.7. The second kappa shape index (κ2) is 7.43. The summed E-state index contributed by atoms with van der Waals surface area (Å²) < 4.78 is 0. The highest BCUT2D eigenvalue weighted by atomic mass is 14.8. The number of hydrogen-bond acceptors (Lipinski definition) is 1. The van der Waals surface area contributed by atoms with Crippen molar-refractivity contribution in [3.8, 4) is 0 Å². The summed E-state index contributed by atoms with van der Waals surface area (Å²) in [5, 5.41) is 0. The van der Waals surface area contributed by atoms with E-state index in [9.17, 15) is 0 Å². The van der Waals surface area contributed by atoms with Crippen LogP contribution in [0.3, 0.4) is 0 Å². The molecule has 0 aliphatic carbocycles. The van der Waals surface area contributed by atoms with Gasteiger partial charge in [-0.3, -0.25) is 4.99 Å². The van der Waals surface area contributed by atoms with Gasteiger partial charge in [0.2, 0.25) is 0 Å². The van der Waals surface area contributed by atoms with E-state index in [1.165, 1.54) is 0 Å². The summed E-state index contributed by atoms with van der Waals surface area (Å²) in [5.74, 6) is 0. The minimum atomic E-state index is 0.0767. The van der Waals surface area contributed by atoms with Crippen LogP contribution in [0.2, 0.25) is 0 Å². The van der Waals surface area contributed by atoms with Gasteiger partial charge in [-0.05, 0) is 37.0 Å². The van der Waals surface area contributed by atoms with Crippen LogP contribution in [0.4, 0.5) is 0 Å². The van der Waals surface area contributed by atoms with Crippen molar-refractivity contribution in [1.29, 1.82) is 0 Å². The lowest BCUT2D eigenvalue weighted by Gasteiger charge is -2.17. The molecule has 1 nitrogen and oxygen atoms in total. The van der Waals surface area contributed by atoms with Gasteiger partial charge in [-0.1, -0.05) is 74.5 Å². The summed E-state index contributed by atoms with van der Waals surface area (Å²) in [6, 6.07) is 0. The fourth-order valence-electron chi connectivity index (χ4n) is 0.887. The molecule has 0 bridgehead atoms. The number of allylic oxidation sites excluding steroid dienone is 2. The van der Waals surface area contributed by atoms with E-state index < -0.39 is 0 Å². The molecule has 1 heteroatoms. The number of aliphatic imine (C=N–C) groups is 1. The summed E-state index contributed by atoms with van der Waals surface area (Å²) in [6.45, 7) is 26.1. The van der Waals surface area contributed by atoms with Crippen LogP contribution >= 0.6 is 0 Å². The molecule has 0 aromatic carbocycles. The fraction of sp³-hybridized carbons (Fsp3) is 0.842. The molecule has 0 atom stereocenters. The van der Waals surface area contributed by atoms with Gasteiger partial charge in [0.05, 0.1) is 5.54 Å². The first-order chi connectivity index (χ1) is 8.41. The Morgan fingerprint density at radius 2 is 0.800 bits per heavy atom. The summed E-state index contributed by atoms with van der Waals surface area (Å²) in [7, 11) is 0. The number of rotatable bonds is 0. The highest BCUT2D eigenvalue weighted by Gasteiger charge is 2.10. The molecule has 0 amide bonds. The molecule has 20 heavy (non-hydrogen) atoms. The van der Waals surface area contributed by atoms with Gasteiger partial charge >= 0.3 is 0 Å². The SMILES string of the molecule is CC(C)(C)C=CC(C)(C)C.CC(C)(C)C=NC(C)(C)C. The minimum absolute atomic E-state index is 0.0767. The number of nitrogens with zero attached hydrogens (tertiary/aromatic N) is 1. The van der Waals surface area contributed by atoms with Crippen molar-refractivity contribution in [2.75, 3.05) is 0 Å². The van der Waals surface area contributed by atoms with E-state index in [2.05, 4.69) is 100 Å². The highest BCUT2D eigenvalue weighted by Crippen LogP contribution is 2.21. The van der Waals surface area contributed by atoms with Crippen molar-refractivity contribution in [3.05, 3.63) is 12.2 Å². The van der Waals surface area contributed by atoms with E-state index >= 15 is 0 Å². The lowest BCUT2D eigenvalue weighted by Crippen LogP contribution is -2.14. The first-order valence-corrected chi connectivity index (χ1v) is 7.68. The minimum Gasteiger partial charge on any atom is -0.291 e. The predicted molar refractivity (Wildman–Crippen MR) is 95.8 cm³/mol. The molecule has 0 aromatic rings. The maximum Gasteiger partial charge on any atom is 0.0520 e. The standard InChI is InChI=1S/C10H20.C9H19N/c1-9(2,3)7-8-10(4,5)6;1-8(2,3)7-10-9(4,5)6/h7-8H,1-6H3;7H,1-6H3. The molecule has 0 unspecified atom stereocenters. The third kappa shape index (κ3) is 26.1. The summed E-state index contributed by atoms with van der Waals surface area (Å²) in [6.07, 6.45) is 6.56. The van der Waals surface area contributed by atoms with Gasteiger partial charge in [0.1, 0.15) is 0 Å². The predicted octanol–water partition coefficient (Wildman–Crippen LogP) is 6.54. The summed E-state index contributed by atoms with van der Waals surface area (Å²) in [5.41, 5.74) is 0.946. The van der Waals surface area contributed by atoms with Crippen LogP contribution in [0.15, 0.2) is 17.1 Å².